The van der Waals surface area contributed by atoms with Crippen LogP contribution in [0.2, 0.25) is 0 Å². The number of nitrogens with one attached hydrogen (secondary N) is 1. The topological polar surface area (TPSA) is 97.2 Å². The fourth-order valence-electron chi connectivity index (χ4n) is 3.30. The summed E-state index contributed by atoms with van der Waals surface area (Å²) in [6.07, 6.45) is 2.93. The van der Waals surface area contributed by atoms with Crippen LogP contribution < -0.4 is 5.32 Å². The Hall–Kier alpha value is -2.43. The van der Waals surface area contributed by atoms with Crippen molar-refractivity contribution in [3.05, 3.63) is 42.5 Å². The van der Waals surface area contributed by atoms with E-state index in [4.69, 9.17) is 0 Å². The number of rotatable bonds is 10. The molecule has 0 spiro atoms. The van der Waals surface area contributed by atoms with Crippen LogP contribution in [0.5, 0.6) is 0 Å². The zero-order valence-electron chi connectivity index (χ0n) is 17.9. The number of carbonyl (C=O) groups excluding carboxylic acids is 1. The summed E-state index contributed by atoms with van der Waals surface area (Å²) in [5, 5.41) is 11.2. The van der Waals surface area contributed by atoms with Gasteiger partial charge in [0.2, 0.25) is 15.9 Å². The molecule has 0 atom stereocenters. The van der Waals surface area contributed by atoms with Gasteiger partial charge in [0.15, 0.2) is 0 Å². The molecule has 0 saturated carbocycles. The fraction of sp³-hybridized carbons (Fsp3) is 0.381. The number of benzene rings is 2. The molecule has 1 N–H and O–H groups in total. The number of nitrogens with zero attached hydrogens (tertiary/aromatic N) is 4. The molecule has 2 aromatic carbocycles. The van der Waals surface area contributed by atoms with Crippen LogP contribution in [0.25, 0.3) is 11.0 Å². The van der Waals surface area contributed by atoms with Crippen molar-refractivity contribution in [2.24, 2.45) is 0 Å². The first-order chi connectivity index (χ1) is 14.9. The molecule has 0 bridgehead atoms. The third-order valence-corrected chi connectivity index (χ3v) is 7.73. The van der Waals surface area contributed by atoms with Crippen molar-refractivity contribution in [3.8, 4) is 0 Å². The molecule has 0 fully saturated rings. The van der Waals surface area contributed by atoms with Gasteiger partial charge < -0.3 is 5.32 Å². The fourth-order valence-corrected chi connectivity index (χ4v) is 5.24. The molecule has 0 aliphatic heterocycles. The van der Waals surface area contributed by atoms with E-state index in [0.717, 1.165) is 16.1 Å². The predicted octanol–water partition coefficient (Wildman–Crippen LogP) is 3.60. The monoisotopic (exact) mass is 461 g/mol. The zero-order valence-corrected chi connectivity index (χ0v) is 19.5. The molecule has 0 aliphatic carbocycles. The lowest BCUT2D eigenvalue weighted by molar-refractivity contribution is -0.116. The van der Waals surface area contributed by atoms with Gasteiger partial charge in [-0.1, -0.05) is 25.1 Å². The summed E-state index contributed by atoms with van der Waals surface area (Å²) >= 11 is 1.62. The number of fused-ring (bicyclic) bond motifs is 1. The highest BCUT2D eigenvalue weighted by Gasteiger charge is 2.22. The van der Waals surface area contributed by atoms with Crippen molar-refractivity contribution in [1.82, 2.24) is 19.3 Å². The van der Waals surface area contributed by atoms with Gasteiger partial charge in [0.25, 0.3) is 0 Å². The lowest BCUT2D eigenvalue weighted by Gasteiger charge is -2.18. The second kappa shape index (κ2) is 10.3. The summed E-state index contributed by atoms with van der Waals surface area (Å²) < 4.78 is 28.5. The molecule has 8 nitrogen and oxygen atoms in total. The molecule has 0 radical (unpaired) electrons. The van der Waals surface area contributed by atoms with Gasteiger partial charge >= 0.3 is 0 Å². The van der Waals surface area contributed by atoms with Crippen molar-refractivity contribution < 1.29 is 13.2 Å². The average molecular weight is 462 g/mol. The van der Waals surface area contributed by atoms with E-state index in [1.807, 2.05) is 44.4 Å². The Balaban J connectivity index is 1.63. The van der Waals surface area contributed by atoms with Crippen molar-refractivity contribution >= 4 is 44.4 Å². The maximum Gasteiger partial charge on any atom is 0.243 e. The Morgan fingerprint density at radius 2 is 1.94 bits per heavy atom. The van der Waals surface area contributed by atoms with Crippen LogP contribution in [-0.2, 0) is 21.4 Å². The minimum atomic E-state index is -3.54. The maximum atomic E-state index is 12.7. The van der Waals surface area contributed by atoms with E-state index in [1.54, 1.807) is 34.6 Å². The van der Waals surface area contributed by atoms with E-state index < -0.39 is 10.0 Å². The molecule has 0 unspecified atom stereocenters. The third kappa shape index (κ3) is 5.44. The number of hydrogen-bond donors (Lipinski definition) is 1. The van der Waals surface area contributed by atoms with Crippen LogP contribution in [0, 0.1) is 0 Å². The van der Waals surface area contributed by atoms with Crippen LogP contribution >= 0.6 is 11.8 Å². The highest BCUT2D eigenvalue weighted by atomic mass is 32.2. The van der Waals surface area contributed by atoms with Crippen LogP contribution in [0.1, 0.15) is 26.7 Å². The largest absolute Gasteiger partial charge is 0.326 e. The molecule has 31 heavy (non-hydrogen) atoms. The van der Waals surface area contributed by atoms with Crippen LogP contribution in [-0.4, -0.2) is 53.0 Å². The van der Waals surface area contributed by atoms with Crippen LogP contribution in [0.15, 0.2) is 52.3 Å². The lowest BCUT2D eigenvalue weighted by Crippen LogP contribution is -2.30. The Morgan fingerprint density at radius 1 is 1.16 bits per heavy atom. The zero-order chi connectivity index (χ0) is 22.4. The summed E-state index contributed by atoms with van der Waals surface area (Å²) in [7, 11) is -3.54. The minimum absolute atomic E-state index is 0.0599. The second-order valence-electron chi connectivity index (χ2n) is 6.94. The molecule has 1 aromatic heterocycles. The molecule has 3 aromatic rings. The number of sulfonamides is 1. The smallest absolute Gasteiger partial charge is 0.243 e. The van der Waals surface area contributed by atoms with Crippen LogP contribution in [0.4, 0.5) is 5.69 Å². The van der Waals surface area contributed by atoms with Crippen molar-refractivity contribution in [2.75, 3.05) is 24.7 Å². The Kier molecular flexibility index (Phi) is 7.69. The molecule has 1 heterocycles. The standard InChI is InChI=1S/C21H27N5O3S2/c1-4-25(5-2)31(28,29)18-11-12-20-19(15-18)23-24-26(20)13-7-10-21(27)22-16-8-6-9-17(14-16)30-3/h6,8-9,11-12,14-15H,4-5,7,10,13H2,1-3H3,(H,22,27). The number of aromatic nitrogens is 3. The van der Waals surface area contributed by atoms with Gasteiger partial charge in [0.05, 0.1) is 10.4 Å². The molecule has 1 amide bonds. The SMILES string of the molecule is CCN(CC)S(=O)(=O)c1ccc2c(c1)nnn2CCCC(=O)Nc1cccc(SC)c1. The number of amides is 1. The Labute approximate surface area is 187 Å². The van der Waals surface area contributed by atoms with Gasteiger partial charge in [0, 0.05) is 36.6 Å². The van der Waals surface area contributed by atoms with Gasteiger partial charge in [-0.05, 0) is 49.1 Å². The van der Waals surface area contributed by atoms with Crippen molar-refractivity contribution in [3.63, 3.8) is 0 Å². The molecule has 3 rings (SSSR count). The number of aryl methyl sites for hydroxylation is 1. The van der Waals surface area contributed by atoms with E-state index in [9.17, 15) is 13.2 Å². The normalized spacial score (nSPS) is 11.9. The van der Waals surface area contributed by atoms with Gasteiger partial charge in [-0.3, -0.25) is 4.79 Å². The number of hydrogen-bond acceptors (Lipinski definition) is 6. The first-order valence-corrected chi connectivity index (χ1v) is 12.8. The Bertz CT molecular complexity index is 1160. The highest BCUT2D eigenvalue weighted by Crippen LogP contribution is 2.21. The van der Waals surface area contributed by atoms with E-state index in [0.29, 0.717) is 38.0 Å². The third-order valence-electron chi connectivity index (χ3n) is 4.96. The van der Waals surface area contributed by atoms with Crippen molar-refractivity contribution in [1.29, 1.82) is 0 Å². The first kappa shape index (κ1) is 23.2. The average Bonchev–Trinajstić information content (AvgIpc) is 3.17. The second-order valence-corrected chi connectivity index (χ2v) is 9.75. The molecular weight excluding hydrogens is 434 g/mol. The summed E-state index contributed by atoms with van der Waals surface area (Å²) in [5.74, 6) is -0.0599. The summed E-state index contributed by atoms with van der Waals surface area (Å²) in [4.78, 5) is 13.5. The van der Waals surface area contributed by atoms with Gasteiger partial charge in [-0.25, -0.2) is 13.1 Å². The molecule has 0 aliphatic rings. The number of anilines is 1. The number of carbonyl (C=O) groups is 1. The van der Waals surface area contributed by atoms with E-state index in [1.165, 1.54) is 4.31 Å². The van der Waals surface area contributed by atoms with E-state index in [2.05, 4.69) is 15.6 Å². The first-order valence-electron chi connectivity index (χ1n) is 10.2. The van der Waals surface area contributed by atoms with E-state index >= 15 is 0 Å². The number of thioether (sulfide) groups is 1. The van der Waals surface area contributed by atoms with Gasteiger partial charge in [-0.15, -0.1) is 16.9 Å². The minimum Gasteiger partial charge on any atom is -0.326 e. The van der Waals surface area contributed by atoms with E-state index in [-0.39, 0.29) is 10.8 Å². The van der Waals surface area contributed by atoms with Crippen molar-refractivity contribution in [2.45, 2.75) is 43.0 Å². The van der Waals surface area contributed by atoms with Gasteiger partial charge in [0.1, 0.15) is 5.52 Å². The van der Waals surface area contributed by atoms with Gasteiger partial charge in [-0.2, -0.15) is 4.31 Å². The molecule has 0 saturated heterocycles. The Morgan fingerprint density at radius 3 is 2.65 bits per heavy atom. The summed E-state index contributed by atoms with van der Waals surface area (Å²) in [5.41, 5.74) is 2.04. The van der Waals surface area contributed by atoms with Crippen LogP contribution in [0.3, 0.4) is 0 Å². The lowest BCUT2D eigenvalue weighted by atomic mass is 10.2. The maximum absolute atomic E-state index is 12.7. The molecule has 166 valence electrons. The molecule has 10 heteroatoms. The summed E-state index contributed by atoms with van der Waals surface area (Å²) in [6.45, 7) is 4.95. The summed E-state index contributed by atoms with van der Waals surface area (Å²) in [6, 6.07) is 12.6. The molecular formula is C21H27N5O3S2. The predicted molar refractivity (Wildman–Crippen MR) is 124 cm³/mol. The quantitative estimate of drug-likeness (QED) is 0.463. The highest BCUT2D eigenvalue weighted by molar-refractivity contribution is 7.98.